The van der Waals surface area contributed by atoms with Gasteiger partial charge in [-0.2, -0.15) is 0 Å². The van der Waals surface area contributed by atoms with Gasteiger partial charge in [0.1, 0.15) is 0 Å². The Labute approximate surface area is 150 Å². The van der Waals surface area contributed by atoms with Crippen LogP contribution in [0.25, 0.3) is 0 Å². The van der Waals surface area contributed by atoms with Crippen molar-refractivity contribution in [3.63, 3.8) is 0 Å². The zero-order valence-electron chi connectivity index (χ0n) is 12.7. The molecule has 0 aliphatic carbocycles. The number of halogens is 2. The Balaban J connectivity index is 1.51. The van der Waals surface area contributed by atoms with Crippen LogP contribution < -0.4 is 0 Å². The molecule has 1 aliphatic rings. The second-order valence-corrected chi connectivity index (χ2v) is 7.44. The summed E-state index contributed by atoms with van der Waals surface area (Å²) < 4.78 is 0. The number of rotatable bonds is 4. The SMILES string of the molecule is O=C(c1ccc(Cl)c(Cl)c1)N1CCN(CCc2cccs2)CC1. The van der Waals surface area contributed by atoms with Crippen LogP contribution in [0.2, 0.25) is 10.0 Å². The van der Waals surface area contributed by atoms with Crippen molar-refractivity contribution in [2.75, 3.05) is 32.7 Å². The molecular formula is C17H18Cl2N2OS. The van der Waals surface area contributed by atoms with Crippen LogP contribution in [0.3, 0.4) is 0 Å². The average Bonchev–Trinajstić information content (AvgIpc) is 3.09. The zero-order valence-corrected chi connectivity index (χ0v) is 15.0. The van der Waals surface area contributed by atoms with Gasteiger partial charge in [-0.25, -0.2) is 0 Å². The quantitative estimate of drug-likeness (QED) is 0.812. The maximum absolute atomic E-state index is 12.5. The maximum atomic E-state index is 12.5. The van der Waals surface area contributed by atoms with Crippen LogP contribution in [-0.2, 0) is 6.42 Å². The summed E-state index contributed by atoms with van der Waals surface area (Å²) in [5.74, 6) is 0.0291. The fourth-order valence-corrected chi connectivity index (χ4v) is 3.71. The smallest absolute Gasteiger partial charge is 0.253 e. The van der Waals surface area contributed by atoms with Crippen LogP contribution in [0.4, 0.5) is 0 Å². The lowest BCUT2D eigenvalue weighted by Gasteiger charge is -2.34. The number of carbonyl (C=O) groups is 1. The first-order valence-electron chi connectivity index (χ1n) is 7.62. The summed E-state index contributed by atoms with van der Waals surface area (Å²) in [6, 6.07) is 9.33. The van der Waals surface area contributed by atoms with Crippen molar-refractivity contribution in [2.45, 2.75) is 6.42 Å². The summed E-state index contributed by atoms with van der Waals surface area (Å²) in [5, 5.41) is 3.01. The van der Waals surface area contributed by atoms with Crippen LogP contribution in [0.15, 0.2) is 35.7 Å². The van der Waals surface area contributed by atoms with E-state index in [0.29, 0.717) is 15.6 Å². The van der Waals surface area contributed by atoms with Crippen molar-refractivity contribution in [1.82, 2.24) is 9.80 Å². The van der Waals surface area contributed by atoms with E-state index >= 15 is 0 Å². The summed E-state index contributed by atoms with van der Waals surface area (Å²) in [5.41, 5.74) is 0.603. The predicted molar refractivity (Wildman–Crippen MR) is 96.8 cm³/mol. The number of amides is 1. The number of carbonyl (C=O) groups excluding carboxylic acids is 1. The molecular weight excluding hydrogens is 351 g/mol. The van der Waals surface area contributed by atoms with E-state index in [-0.39, 0.29) is 5.91 Å². The van der Waals surface area contributed by atoms with Gasteiger partial charge in [0.25, 0.3) is 5.91 Å². The maximum Gasteiger partial charge on any atom is 0.253 e. The van der Waals surface area contributed by atoms with E-state index in [4.69, 9.17) is 23.2 Å². The number of hydrogen-bond acceptors (Lipinski definition) is 3. The van der Waals surface area contributed by atoms with Gasteiger partial charge in [0, 0.05) is 43.2 Å². The minimum absolute atomic E-state index is 0.0291. The van der Waals surface area contributed by atoms with Crippen LogP contribution in [0, 0.1) is 0 Å². The fourth-order valence-electron chi connectivity index (χ4n) is 2.71. The fraction of sp³-hybridized carbons (Fsp3) is 0.353. The van der Waals surface area contributed by atoms with Crippen molar-refractivity contribution in [2.24, 2.45) is 0 Å². The van der Waals surface area contributed by atoms with Crippen molar-refractivity contribution >= 4 is 40.4 Å². The largest absolute Gasteiger partial charge is 0.336 e. The third kappa shape index (κ3) is 4.27. The molecule has 23 heavy (non-hydrogen) atoms. The van der Waals surface area contributed by atoms with E-state index in [1.165, 1.54) is 4.88 Å². The first-order chi connectivity index (χ1) is 11.1. The summed E-state index contributed by atoms with van der Waals surface area (Å²) in [7, 11) is 0. The van der Waals surface area contributed by atoms with Crippen molar-refractivity contribution in [3.8, 4) is 0 Å². The minimum Gasteiger partial charge on any atom is -0.336 e. The minimum atomic E-state index is 0.0291. The average molecular weight is 369 g/mol. The highest BCUT2D eigenvalue weighted by Crippen LogP contribution is 2.23. The van der Waals surface area contributed by atoms with Crippen LogP contribution in [-0.4, -0.2) is 48.4 Å². The summed E-state index contributed by atoms with van der Waals surface area (Å²) in [6.45, 7) is 4.39. The normalized spacial score (nSPS) is 15.8. The third-order valence-corrected chi connectivity index (χ3v) is 5.76. The number of benzene rings is 1. The summed E-state index contributed by atoms with van der Waals surface area (Å²) in [6.07, 6.45) is 1.08. The lowest BCUT2D eigenvalue weighted by atomic mass is 10.1. The molecule has 122 valence electrons. The molecule has 3 nitrogen and oxygen atoms in total. The summed E-state index contributed by atoms with van der Waals surface area (Å²) >= 11 is 13.7. The van der Waals surface area contributed by atoms with Gasteiger partial charge in [0.05, 0.1) is 10.0 Å². The standard InChI is InChI=1S/C17H18Cl2N2OS/c18-15-4-3-13(12-16(15)19)17(22)21-9-7-20(8-10-21)6-5-14-2-1-11-23-14/h1-4,11-12H,5-10H2. The number of thiophene rings is 1. The molecule has 2 heterocycles. The Morgan fingerprint density at radius 2 is 1.87 bits per heavy atom. The van der Waals surface area contributed by atoms with Crippen molar-refractivity contribution in [1.29, 1.82) is 0 Å². The third-order valence-electron chi connectivity index (χ3n) is 4.08. The second kappa shape index (κ2) is 7.67. The highest BCUT2D eigenvalue weighted by Gasteiger charge is 2.22. The van der Waals surface area contributed by atoms with Gasteiger partial charge in [-0.1, -0.05) is 29.3 Å². The lowest BCUT2D eigenvalue weighted by molar-refractivity contribution is 0.0639. The van der Waals surface area contributed by atoms with Gasteiger partial charge in [-0.15, -0.1) is 11.3 Å². The van der Waals surface area contributed by atoms with E-state index in [2.05, 4.69) is 22.4 Å². The molecule has 0 radical (unpaired) electrons. The molecule has 1 aromatic carbocycles. The molecule has 1 aromatic heterocycles. The molecule has 0 saturated carbocycles. The topological polar surface area (TPSA) is 23.6 Å². The molecule has 0 spiro atoms. The van der Waals surface area contributed by atoms with Crippen molar-refractivity contribution in [3.05, 3.63) is 56.2 Å². The molecule has 3 rings (SSSR count). The molecule has 0 atom stereocenters. The molecule has 0 N–H and O–H groups in total. The van der Waals surface area contributed by atoms with Gasteiger partial charge in [-0.3, -0.25) is 9.69 Å². The first kappa shape index (κ1) is 16.8. The van der Waals surface area contributed by atoms with Gasteiger partial charge < -0.3 is 4.90 Å². The van der Waals surface area contributed by atoms with E-state index in [0.717, 1.165) is 39.1 Å². The Bertz CT molecular complexity index is 667. The highest BCUT2D eigenvalue weighted by molar-refractivity contribution is 7.09. The number of piperazine rings is 1. The van der Waals surface area contributed by atoms with E-state index < -0.39 is 0 Å². The highest BCUT2D eigenvalue weighted by atomic mass is 35.5. The van der Waals surface area contributed by atoms with Gasteiger partial charge in [0.2, 0.25) is 0 Å². The van der Waals surface area contributed by atoms with Crippen LogP contribution in [0.1, 0.15) is 15.2 Å². The van der Waals surface area contributed by atoms with E-state index in [1.54, 1.807) is 29.5 Å². The molecule has 0 unspecified atom stereocenters. The van der Waals surface area contributed by atoms with Gasteiger partial charge in [-0.05, 0) is 36.1 Å². The monoisotopic (exact) mass is 368 g/mol. The molecule has 0 bridgehead atoms. The second-order valence-electron chi connectivity index (χ2n) is 5.59. The zero-order chi connectivity index (χ0) is 16.2. The Hall–Kier alpha value is -1.07. The number of nitrogens with zero attached hydrogens (tertiary/aromatic N) is 2. The van der Waals surface area contributed by atoms with E-state index in [9.17, 15) is 4.79 Å². The van der Waals surface area contributed by atoms with Crippen LogP contribution in [0.5, 0.6) is 0 Å². The summed E-state index contributed by atoms with van der Waals surface area (Å²) in [4.78, 5) is 18.2. The Kier molecular flexibility index (Phi) is 5.59. The molecule has 6 heteroatoms. The van der Waals surface area contributed by atoms with Gasteiger partial charge >= 0.3 is 0 Å². The van der Waals surface area contributed by atoms with Gasteiger partial charge in [0.15, 0.2) is 0 Å². The van der Waals surface area contributed by atoms with Crippen molar-refractivity contribution < 1.29 is 4.79 Å². The molecule has 1 fully saturated rings. The molecule has 1 amide bonds. The predicted octanol–water partition coefficient (Wildman–Crippen LogP) is 4.06. The lowest BCUT2D eigenvalue weighted by Crippen LogP contribution is -2.49. The first-order valence-corrected chi connectivity index (χ1v) is 9.26. The Morgan fingerprint density at radius 3 is 2.52 bits per heavy atom. The Morgan fingerprint density at radius 1 is 1.09 bits per heavy atom. The molecule has 2 aromatic rings. The van der Waals surface area contributed by atoms with E-state index in [1.807, 2.05) is 4.90 Å². The molecule has 1 saturated heterocycles. The number of hydrogen-bond donors (Lipinski definition) is 0. The van der Waals surface area contributed by atoms with Crippen LogP contribution >= 0.6 is 34.5 Å². The molecule has 1 aliphatic heterocycles.